The highest BCUT2D eigenvalue weighted by molar-refractivity contribution is 5.61. The Balaban J connectivity index is 1.67. The van der Waals surface area contributed by atoms with E-state index in [0.717, 1.165) is 29.9 Å². The van der Waals surface area contributed by atoms with E-state index in [2.05, 4.69) is 10.3 Å². The number of fused-ring (bicyclic) bond motifs is 1. The zero-order valence-corrected chi connectivity index (χ0v) is 13.9. The Bertz CT molecular complexity index is 744. The molecule has 2 aliphatic rings. The van der Waals surface area contributed by atoms with E-state index in [0.29, 0.717) is 17.7 Å². The minimum absolute atomic E-state index is 0.246. The fraction of sp³-hybridized carbons (Fsp3) is 0.421. The van der Waals surface area contributed by atoms with Gasteiger partial charge in [-0.3, -0.25) is 0 Å². The molecule has 0 amide bonds. The first kappa shape index (κ1) is 15.5. The molecule has 2 heterocycles. The fourth-order valence-corrected chi connectivity index (χ4v) is 3.38. The largest absolute Gasteiger partial charge is 0.474 e. The number of hydrogen-bond acceptors (Lipinski definition) is 4. The Morgan fingerprint density at radius 2 is 1.83 bits per heavy atom. The van der Waals surface area contributed by atoms with Gasteiger partial charge in [0.05, 0.1) is 5.69 Å². The van der Waals surface area contributed by atoms with Crippen LogP contribution >= 0.6 is 0 Å². The molecule has 4 rings (SSSR count). The molecule has 3 atom stereocenters. The SMILES string of the molecule is CC(C)(N)c1cc(O[C@H]2[C@@H]3CNC[C@@H]32)nc(-c2ccc(F)cc2)c1. The van der Waals surface area contributed by atoms with Crippen molar-refractivity contribution < 1.29 is 9.13 Å². The molecule has 1 aromatic carbocycles. The summed E-state index contributed by atoms with van der Waals surface area (Å²) in [5, 5.41) is 3.36. The molecule has 3 N–H and O–H groups in total. The Morgan fingerprint density at radius 1 is 1.17 bits per heavy atom. The van der Waals surface area contributed by atoms with E-state index < -0.39 is 5.54 Å². The number of rotatable bonds is 4. The van der Waals surface area contributed by atoms with Crippen LogP contribution in [0, 0.1) is 17.7 Å². The van der Waals surface area contributed by atoms with Crippen molar-refractivity contribution in [1.82, 2.24) is 10.3 Å². The summed E-state index contributed by atoms with van der Waals surface area (Å²) in [6.45, 7) is 5.94. The average molecular weight is 327 g/mol. The topological polar surface area (TPSA) is 60.2 Å². The van der Waals surface area contributed by atoms with E-state index in [4.69, 9.17) is 10.5 Å². The van der Waals surface area contributed by atoms with Gasteiger partial charge in [0.1, 0.15) is 11.9 Å². The molecule has 1 aromatic heterocycles. The highest BCUT2D eigenvalue weighted by atomic mass is 19.1. The molecule has 2 aromatic rings. The molecule has 1 saturated heterocycles. The molecule has 0 unspecified atom stereocenters. The molecule has 2 fully saturated rings. The van der Waals surface area contributed by atoms with Crippen molar-refractivity contribution in [2.24, 2.45) is 17.6 Å². The van der Waals surface area contributed by atoms with Gasteiger partial charge in [0, 0.05) is 42.1 Å². The predicted molar refractivity (Wildman–Crippen MR) is 91.1 cm³/mol. The second kappa shape index (κ2) is 5.53. The maximum atomic E-state index is 13.2. The van der Waals surface area contributed by atoms with Crippen molar-refractivity contribution in [1.29, 1.82) is 0 Å². The fourth-order valence-electron chi connectivity index (χ4n) is 3.38. The molecule has 0 bridgehead atoms. The number of benzene rings is 1. The van der Waals surface area contributed by atoms with E-state index in [9.17, 15) is 4.39 Å². The number of halogens is 1. The molecule has 5 heteroatoms. The van der Waals surface area contributed by atoms with Crippen LogP contribution in [0.4, 0.5) is 4.39 Å². The summed E-state index contributed by atoms with van der Waals surface area (Å²) >= 11 is 0. The Kier molecular flexibility index (Phi) is 3.58. The predicted octanol–water partition coefficient (Wildman–Crippen LogP) is 2.68. The molecule has 4 nitrogen and oxygen atoms in total. The highest BCUT2D eigenvalue weighted by Crippen LogP contribution is 2.44. The molecular weight excluding hydrogens is 305 g/mol. The number of hydrogen-bond donors (Lipinski definition) is 2. The normalized spacial score (nSPS) is 25.4. The number of nitrogens with zero attached hydrogens (tertiary/aromatic N) is 1. The third kappa shape index (κ3) is 2.89. The van der Waals surface area contributed by atoms with Gasteiger partial charge in [-0.15, -0.1) is 0 Å². The lowest BCUT2D eigenvalue weighted by Gasteiger charge is -2.21. The third-order valence-corrected chi connectivity index (χ3v) is 4.96. The number of pyridine rings is 1. The molecule has 1 saturated carbocycles. The van der Waals surface area contributed by atoms with E-state index >= 15 is 0 Å². The summed E-state index contributed by atoms with van der Waals surface area (Å²) in [6, 6.07) is 10.2. The summed E-state index contributed by atoms with van der Waals surface area (Å²) in [6.07, 6.45) is 0.246. The van der Waals surface area contributed by atoms with Crippen LogP contribution in [0.3, 0.4) is 0 Å². The van der Waals surface area contributed by atoms with Crippen LogP contribution in [-0.4, -0.2) is 24.2 Å². The van der Waals surface area contributed by atoms with Crippen molar-refractivity contribution in [2.45, 2.75) is 25.5 Å². The van der Waals surface area contributed by atoms with Gasteiger partial charge in [0.25, 0.3) is 0 Å². The van der Waals surface area contributed by atoms with Crippen molar-refractivity contribution in [3.63, 3.8) is 0 Å². The van der Waals surface area contributed by atoms with Crippen molar-refractivity contribution in [3.05, 3.63) is 47.8 Å². The second-order valence-electron chi connectivity index (χ2n) is 7.38. The maximum Gasteiger partial charge on any atom is 0.214 e. The van der Waals surface area contributed by atoms with Gasteiger partial charge >= 0.3 is 0 Å². The van der Waals surface area contributed by atoms with Gasteiger partial charge in [-0.05, 0) is 49.7 Å². The molecule has 0 radical (unpaired) electrons. The van der Waals surface area contributed by atoms with Gasteiger partial charge in [0.2, 0.25) is 5.88 Å². The van der Waals surface area contributed by atoms with Crippen LogP contribution in [-0.2, 0) is 5.54 Å². The van der Waals surface area contributed by atoms with E-state index in [-0.39, 0.29) is 11.9 Å². The lowest BCUT2D eigenvalue weighted by Crippen LogP contribution is -2.29. The van der Waals surface area contributed by atoms with Gasteiger partial charge in [-0.2, -0.15) is 0 Å². The van der Waals surface area contributed by atoms with Crippen LogP contribution in [0.2, 0.25) is 0 Å². The van der Waals surface area contributed by atoms with Crippen molar-refractivity contribution in [2.75, 3.05) is 13.1 Å². The van der Waals surface area contributed by atoms with Crippen molar-refractivity contribution in [3.8, 4) is 17.1 Å². The monoisotopic (exact) mass is 327 g/mol. The van der Waals surface area contributed by atoms with Crippen LogP contribution in [0.25, 0.3) is 11.3 Å². The maximum absolute atomic E-state index is 13.2. The summed E-state index contributed by atoms with van der Waals surface area (Å²) in [5.41, 5.74) is 8.34. The van der Waals surface area contributed by atoms with Gasteiger partial charge in [-0.1, -0.05) is 0 Å². The number of ether oxygens (including phenoxy) is 1. The molecular formula is C19H22FN3O. The molecule has 1 aliphatic carbocycles. The smallest absolute Gasteiger partial charge is 0.214 e. The Hall–Kier alpha value is -1.98. The number of aromatic nitrogens is 1. The van der Waals surface area contributed by atoms with Crippen LogP contribution in [0.1, 0.15) is 19.4 Å². The highest BCUT2D eigenvalue weighted by Gasteiger charge is 2.55. The van der Waals surface area contributed by atoms with Crippen LogP contribution in [0.5, 0.6) is 5.88 Å². The standard InChI is InChI=1S/C19H22FN3O/c1-19(2,21)12-7-16(11-3-5-13(20)6-4-11)23-17(8-12)24-18-14-9-22-10-15(14)18/h3-8,14-15,18,22H,9-10,21H2,1-2H3/t14-,15+,18+. The second-order valence-corrected chi connectivity index (χ2v) is 7.38. The minimum Gasteiger partial charge on any atom is -0.474 e. The van der Waals surface area contributed by atoms with Gasteiger partial charge in [0.15, 0.2) is 0 Å². The third-order valence-electron chi connectivity index (χ3n) is 4.96. The van der Waals surface area contributed by atoms with Gasteiger partial charge < -0.3 is 15.8 Å². The zero-order valence-electron chi connectivity index (χ0n) is 13.9. The molecule has 0 spiro atoms. The molecule has 1 aliphatic heterocycles. The lowest BCUT2D eigenvalue weighted by molar-refractivity contribution is 0.251. The van der Waals surface area contributed by atoms with E-state index in [1.807, 2.05) is 26.0 Å². The van der Waals surface area contributed by atoms with Gasteiger partial charge in [-0.25, -0.2) is 9.37 Å². The average Bonchev–Trinajstić information content (AvgIpc) is 2.95. The quantitative estimate of drug-likeness (QED) is 0.906. The number of nitrogens with one attached hydrogen (secondary N) is 1. The molecule has 126 valence electrons. The summed E-state index contributed by atoms with van der Waals surface area (Å²) in [7, 11) is 0. The van der Waals surface area contributed by atoms with Crippen molar-refractivity contribution >= 4 is 0 Å². The lowest BCUT2D eigenvalue weighted by atomic mass is 9.95. The van der Waals surface area contributed by atoms with E-state index in [1.54, 1.807) is 12.1 Å². The number of nitrogens with two attached hydrogens (primary N) is 1. The summed E-state index contributed by atoms with van der Waals surface area (Å²) < 4.78 is 19.3. The molecule has 24 heavy (non-hydrogen) atoms. The number of piperidine rings is 1. The first-order valence-electron chi connectivity index (χ1n) is 8.36. The zero-order chi connectivity index (χ0) is 16.9. The Labute approximate surface area is 141 Å². The minimum atomic E-state index is -0.503. The first-order valence-corrected chi connectivity index (χ1v) is 8.36. The summed E-state index contributed by atoms with van der Waals surface area (Å²) in [5.74, 6) is 1.53. The van der Waals surface area contributed by atoms with Crippen LogP contribution < -0.4 is 15.8 Å². The van der Waals surface area contributed by atoms with Crippen LogP contribution in [0.15, 0.2) is 36.4 Å². The summed E-state index contributed by atoms with van der Waals surface area (Å²) in [4.78, 5) is 4.63. The first-order chi connectivity index (χ1) is 11.4. The van der Waals surface area contributed by atoms with E-state index in [1.165, 1.54) is 12.1 Å². The Morgan fingerprint density at radius 3 is 2.46 bits per heavy atom.